The van der Waals surface area contributed by atoms with E-state index in [9.17, 15) is 14.7 Å². The first-order valence-electron chi connectivity index (χ1n) is 10.0. The molecule has 1 aliphatic heterocycles. The third-order valence-electron chi connectivity index (χ3n) is 5.83. The van der Waals surface area contributed by atoms with Crippen molar-refractivity contribution in [3.63, 3.8) is 0 Å². The molecule has 1 atom stereocenters. The largest absolute Gasteiger partial charge is 0.480 e. The number of carbonyl (C=O) groups excluding carboxylic acids is 1. The van der Waals surface area contributed by atoms with Crippen LogP contribution in [0.5, 0.6) is 0 Å². The van der Waals surface area contributed by atoms with E-state index in [0.29, 0.717) is 38.3 Å². The summed E-state index contributed by atoms with van der Waals surface area (Å²) in [6.45, 7) is 1.90. The van der Waals surface area contributed by atoms with Gasteiger partial charge in [-0.3, -0.25) is 10.1 Å². The van der Waals surface area contributed by atoms with Crippen LogP contribution in [0.1, 0.15) is 44.9 Å². The van der Waals surface area contributed by atoms with E-state index in [1.54, 1.807) is 6.07 Å². The average molecular weight is 398 g/mol. The van der Waals surface area contributed by atoms with Crippen molar-refractivity contribution in [2.75, 3.05) is 13.7 Å². The highest BCUT2D eigenvalue weighted by Gasteiger charge is 2.25. The summed E-state index contributed by atoms with van der Waals surface area (Å²) in [6.07, 6.45) is 3.78. The van der Waals surface area contributed by atoms with Crippen molar-refractivity contribution in [1.82, 2.24) is 9.88 Å². The molecule has 0 saturated carbocycles. The van der Waals surface area contributed by atoms with Gasteiger partial charge in [0.05, 0.1) is 31.6 Å². The van der Waals surface area contributed by atoms with Crippen molar-refractivity contribution in [1.29, 1.82) is 0 Å². The minimum absolute atomic E-state index is 0.349. The Morgan fingerprint density at radius 1 is 1.28 bits per heavy atom. The Kier molecular flexibility index (Phi) is 5.69. The standard InChI is InChI=1S/C22H26N2O5/c1-28-22(27)18-11-17(24-7-8-29-13-20(18)24)12-23-19(21(25)26)10-14-5-6-15-3-2-4-16(15)9-14/h5-6,9,11,19,23H,2-4,7-8,10,12-13H2,1H3,(H,25,26)/t19-/m0/s1. The number of aryl methyl sites for hydroxylation is 2. The molecule has 7 nitrogen and oxygen atoms in total. The number of esters is 1. The number of ether oxygens (including phenoxy) is 2. The minimum Gasteiger partial charge on any atom is -0.480 e. The van der Waals surface area contributed by atoms with Crippen LogP contribution in [0.4, 0.5) is 0 Å². The number of aliphatic carboxylic acids is 1. The van der Waals surface area contributed by atoms with Crippen molar-refractivity contribution < 1.29 is 24.2 Å². The number of carboxylic acids is 1. The number of methoxy groups -OCH3 is 1. The van der Waals surface area contributed by atoms with Crippen LogP contribution in [0.2, 0.25) is 0 Å². The van der Waals surface area contributed by atoms with Crippen LogP contribution in [-0.4, -0.2) is 41.4 Å². The maximum Gasteiger partial charge on any atom is 0.339 e. The topological polar surface area (TPSA) is 89.8 Å². The van der Waals surface area contributed by atoms with Crippen LogP contribution in [0, 0.1) is 0 Å². The first-order valence-corrected chi connectivity index (χ1v) is 10.0. The van der Waals surface area contributed by atoms with Gasteiger partial charge in [-0.25, -0.2) is 4.79 Å². The number of carboxylic acid groups (broad SMARTS) is 1. The fraction of sp³-hybridized carbons (Fsp3) is 0.455. The zero-order valence-electron chi connectivity index (χ0n) is 16.6. The van der Waals surface area contributed by atoms with Gasteiger partial charge in [0.25, 0.3) is 0 Å². The molecule has 0 fully saturated rings. The highest BCUT2D eigenvalue weighted by molar-refractivity contribution is 5.91. The zero-order chi connectivity index (χ0) is 20.4. The summed E-state index contributed by atoms with van der Waals surface area (Å²) in [5, 5.41) is 12.9. The lowest BCUT2D eigenvalue weighted by molar-refractivity contribution is -0.139. The van der Waals surface area contributed by atoms with Crippen LogP contribution in [0.25, 0.3) is 0 Å². The molecule has 4 rings (SSSR count). The van der Waals surface area contributed by atoms with Gasteiger partial charge in [-0.2, -0.15) is 0 Å². The number of aromatic nitrogens is 1. The molecule has 2 heterocycles. The quantitative estimate of drug-likeness (QED) is 0.694. The molecule has 0 unspecified atom stereocenters. The number of fused-ring (bicyclic) bond motifs is 2. The van der Waals surface area contributed by atoms with Crippen LogP contribution in [0.15, 0.2) is 24.3 Å². The summed E-state index contributed by atoms with van der Waals surface area (Å²) < 4.78 is 12.4. The van der Waals surface area contributed by atoms with Crippen LogP contribution in [-0.2, 0) is 53.2 Å². The van der Waals surface area contributed by atoms with E-state index < -0.39 is 18.0 Å². The summed E-state index contributed by atoms with van der Waals surface area (Å²) in [4.78, 5) is 23.9. The predicted molar refractivity (Wildman–Crippen MR) is 106 cm³/mol. The summed E-state index contributed by atoms with van der Waals surface area (Å²) in [5.74, 6) is -1.29. The molecule has 2 aromatic rings. The Morgan fingerprint density at radius 3 is 2.90 bits per heavy atom. The Morgan fingerprint density at radius 2 is 2.10 bits per heavy atom. The van der Waals surface area contributed by atoms with E-state index in [0.717, 1.165) is 29.8 Å². The molecule has 1 aromatic carbocycles. The SMILES string of the molecule is COC(=O)c1cc(CN[C@@H](Cc2ccc3c(c2)CCC3)C(=O)O)n2c1COCC2. The first kappa shape index (κ1) is 19.7. The normalized spacial score (nSPS) is 16.2. The van der Waals surface area contributed by atoms with Gasteiger partial charge in [0.2, 0.25) is 0 Å². The Balaban J connectivity index is 1.49. The molecule has 1 aromatic heterocycles. The summed E-state index contributed by atoms with van der Waals surface area (Å²) in [5.41, 5.74) is 5.89. The van der Waals surface area contributed by atoms with E-state index in [-0.39, 0.29) is 0 Å². The molecule has 1 aliphatic carbocycles. The van der Waals surface area contributed by atoms with Crippen LogP contribution >= 0.6 is 0 Å². The minimum atomic E-state index is -0.882. The van der Waals surface area contributed by atoms with E-state index >= 15 is 0 Å². The van der Waals surface area contributed by atoms with Crippen molar-refractivity contribution in [2.24, 2.45) is 0 Å². The lowest BCUT2D eigenvalue weighted by atomic mass is 10.0. The molecule has 29 heavy (non-hydrogen) atoms. The average Bonchev–Trinajstić information content (AvgIpc) is 3.34. The second-order valence-corrected chi connectivity index (χ2v) is 7.62. The smallest absolute Gasteiger partial charge is 0.339 e. The molecule has 0 saturated heterocycles. The second-order valence-electron chi connectivity index (χ2n) is 7.62. The molecule has 2 N–H and O–H groups in total. The summed E-state index contributed by atoms with van der Waals surface area (Å²) in [7, 11) is 1.35. The molecular formula is C22H26N2O5. The Hall–Kier alpha value is -2.64. The highest BCUT2D eigenvalue weighted by atomic mass is 16.5. The summed E-state index contributed by atoms with van der Waals surface area (Å²) in [6, 6.07) is 7.38. The predicted octanol–water partition coefficient (Wildman–Crippen LogP) is 2.08. The van der Waals surface area contributed by atoms with Gasteiger partial charge in [0, 0.05) is 18.8 Å². The van der Waals surface area contributed by atoms with Crippen molar-refractivity contribution in [2.45, 2.75) is 51.4 Å². The first-order chi connectivity index (χ1) is 14.1. The number of benzene rings is 1. The molecule has 0 spiro atoms. The van der Waals surface area contributed by atoms with Crippen molar-refractivity contribution in [3.8, 4) is 0 Å². The number of nitrogens with one attached hydrogen (secondary N) is 1. The van der Waals surface area contributed by atoms with Gasteiger partial charge in [-0.05, 0) is 48.4 Å². The molecule has 2 aliphatic rings. The van der Waals surface area contributed by atoms with Gasteiger partial charge in [-0.1, -0.05) is 18.2 Å². The third kappa shape index (κ3) is 4.06. The number of nitrogens with zero attached hydrogens (tertiary/aromatic N) is 1. The molecule has 0 amide bonds. The Bertz CT molecular complexity index is 934. The molecular weight excluding hydrogens is 372 g/mol. The maximum absolute atomic E-state index is 12.1. The summed E-state index contributed by atoms with van der Waals surface area (Å²) >= 11 is 0. The van der Waals surface area contributed by atoms with Gasteiger partial charge in [-0.15, -0.1) is 0 Å². The van der Waals surface area contributed by atoms with Gasteiger partial charge >= 0.3 is 11.9 Å². The number of hydrogen-bond acceptors (Lipinski definition) is 5. The van der Waals surface area contributed by atoms with Crippen molar-refractivity contribution in [3.05, 3.63) is 57.9 Å². The zero-order valence-corrected chi connectivity index (χ0v) is 16.6. The van der Waals surface area contributed by atoms with Gasteiger partial charge in [0.15, 0.2) is 0 Å². The monoisotopic (exact) mass is 398 g/mol. The Labute approximate surface area is 169 Å². The lowest BCUT2D eigenvalue weighted by Gasteiger charge is -2.20. The van der Waals surface area contributed by atoms with E-state index in [1.807, 2.05) is 10.6 Å². The fourth-order valence-corrected chi connectivity index (χ4v) is 4.30. The van der Waals surface area contributed by atoms with Gasteiger partial charge < -0.3 is 19.1 Å². The molecule has 7 heteroatoms. The van der Waals surface area contributed by atoms with Crippen molar-refractivity contribution >= 4 is 11.9 Å². The fourth-order valence-electron chi connectivity index (χ4n) is 4.30. The third-order valence-corrected chi connectivity index (χ3v) is 5.83. The van der Waals surface area contributed by atoms with E-state index in [1.165, 1.54) is 24.7 Å². The number of hydrogen-bond donors (Lipinski definition) is 2. The van der Waals surface area contributed by atoms with Crippen LogP contribution < -0.4 is 5.32 Å². The molecule has 0 bridgehead atoms. The lowest BCUT2D eigenvalue weighted by Crippen LogP contribution is -2.38. The van der Waals surface area contributed by atoms with E-state index in [4.69, 9.17) is 9.47 Å². The maximum atomic E-state index is 12.1. The van der Waals surface area contributed by atoms with E-state index in [2.05, 4.69) is 17.4 Å². The highest BCUT2D eigenvalue weighted by Crippen LogP contribution is 2.24. The number of rotatable bonds is 7. The van der Waals surface area contributed by atoms with Crippen LogP contribution in [0.3, 0.4) is 0 Å². The molecule has 154 valence electrons. The second kappa shape index (κ2) is 8.39. The van der Waals surface area contributed by atoms with Gasteiger partial charge in [0.1, 0.15) is 6.04 Å². The molecule has 0 radical (unpaired) electrons. The number of carbonyl (C=O) groups is 2.